The second-order valence-electron chi connectivity index (χ2n) is 11.6. The van der Waals surface area contributed by atoms with Crippen molar-refractivity contribution in [2.24, 2.45) is 4.99 Å². The number of para-hydroxylation sites is 2. The molecule has 0 saturated carbocycles. The molecule has 1 unspecified atom stereocenters. The first-order chi connectivity index (χ1) is 22.7. The normalized spacial score (nSPS) is 15.7. The number of ether oxygens (including phenoxy) is 1. The van der Waals surface area contributed by atoms with E-state index in [0.29, 0.717) is 0 Å². The maximum absolute atomic E-state index is 6.68. The zero-order valence-corrected chi connectivity index (χ0v) is 27.2. The van der Waals surface area contributed by atoms with Crippen LogP contribution in [0.5, 0.6) is 5.75 Å². The van der Waals surface area contributed by atoms with E-state index < -0.39 is 0 Å². The van der Waals surface area contributed by atoms with Gasteiger partial charge in [-0.05, 0) is 59.7 Å². The van der Waals surface area contributed by atoms with Gasteiger partial charge in [-0.1, -0.05) is 112 Å². The van der Waals surface area contributed by atoms with Crippen molar-refractivity contribution in [3.05, 3.63) is 144 Å². The molecule has 6 aromatic carbocycles. The van der Waals surface area contributed by atoms with E-state index in [4.69, 9.17) is 9.73 Å². The molecule has 0 bridgehead atoms. The highest BCUT2D eigenvalue weighted by molar-refractivity contribution is 7.25. The molecule has 4 heteroatoms. The molecule has 0 radical (unpaired) electrons. The highest BCUT2D eigenvalue weighted by Gasteiger charge is 2.31. The quantitative estimate of drug-likeness (QED) is 0.182. The third-order valence-corrected chi connectivity index (χ3v) is 10.2. The van der Waals surface area contributed by atoms with E-state index in [1.54, 1.807) is 0 Å². The summed E-state index contributed by atoms with van der Waals surface area (Å²) in [6.07, 6.45) is 0. The van der Waals surface area contributed by atoms with Gasteiger partial charge in [-0.15, -0.1) is 11.3 Å². The summed E-state index contributed by atoms with van der Waals surface area (Å²) in [6, 6.07) is 45.5. The highest BCUT2D eigenvalue weighted by atomic mass is 32.1. The van der Waals surface area contributed by atoms with Gasteiger partial charge in [0.2, 0.25) is 0 Å². The number of thiophene rings is 1. The number of nitrogens with zero attached hydrogens (tertiary/aromatic N) is 2. The van der Waals surface area contributed by atoms with E-state index in [2.05, 4.69) is 134 Å². The molecule has 2 aromatic heterocycles. The van der Waals surface area contributed by atoms with E-state index in [1.165, 1.54) is 47.3 Å². The summed E-state index contributed by atoms with van der Waals surface area (Å²) < 4.78 is 11.6. The highest BCUT2D eigenvalue weighted by Crippen LogP contribution is 2.46. The van der Waals surface area contributed by atoms with Gasteiger partial charge in [-0.25, -0.2) is 4.99 Å². The second-order valence-corrected chi connectivity index (χ2v) is 12.7. The Balaban J connectivity index is 0.00000153. The van der Waals surface area contributed by atoms with Gasteiger partial charge in [-0.3, -0.25) is 4.57 Å². The van der Waals surface area contributed by atoms with Crippen LogP contribution in [0.1, 0.15) is 44.7 Å². The van der Waals surface area contributed by atoms with E-state index in [0.717, 1.165) is 39.6 Å². The molecule has 0 spiro atoms. The first-order valence-corrected chi connectivity index (χ1v) is 16.9. The monoisotopic (exact) mass is 614 g/mol. The zero-order chi connectivity index (χ0) is 31.4. The fourth-order valence-corrected chi connectivity index (χ4v) is 8.01. The molecule has 0 saturated heterocycles. The summed E-state index contributed by atoms with van der Waals surface area (Å²) in [5, 5.41) is 7.57. The summed E-state index contributed by atoms with van der Waals surface area (Å²) in [5.74, 6) is 2.64. The van der Waals surface area contributed by atoms with Crippen LogP contribution in [0.25, 0.3) is 58.6 Å². The molecule has 8 aromatic rings. The number of benzene rings is 6. The number of rotatable bonds is 3. The van der Waals surface area contributed by atoms with E-state index in [-0.39, 0.29) is 5.92 Å². The number of aromatic nitrogens is 1. The van der Waals surface area contributed by atoms with Crippen molar-refractivity contribution >= 4 is 75.6 Å². The van der Waals surface area contributed by atoms with Gasteiger partial charge in [0.15, 0.2) is 11.6 Å². The lowest BCUT2D eigenvalue weighted by atomic mass is 10.0. The van der Waals surface area contributed by atoms with Gasteiger partial charge in [-0.2, -0.15) is 0 Å². The summed E-state index contributed by atoms with van der Waals surface area (Å²) >= 11 is 1.86. The SMILES string of the molecule is C/C(=N\C(=C1\Oc2ccccc2C1C)n1c2ccccc2c2c3cc4c(cc3ccc21)sc1ccccc14)c1ccccc1.CC. The number of allylic oxidation sites excluding steroid dienone is 1. The van der Waals surface area contributed by atoms with Gasteiger partial charge < -0.3 is 4.74 Å². The Morgan fingerprint density at radius 2 is 1.39 bits per heavy atom. The van der Waals surface area contributed by atoms with Crippen molar-refractivity contribution in [3.8, 4) is 5.75 Å². The van der Waals surface area contributed by atoms with Crippen LogP contribution in [0.4, 0.5) is 0 Å². The van der Waals surface area contributed by atoms with Gasteiger partial charge in [0.05, 0.1) is 11.0 Å². The molecule has 3 nitrogen and oxygen atoms in total. The molecule has 0 N–H and O–H groups in total. The Hall–Kier alpha value is -5.19. The van der Waals surface area contributed by atoms with Crippen molar-refractivity contribution in [1.82, 2.24) is 4.57 Å². The first kappa shape index (κ1) is 28.3. The summed E-state index contributed by atoms with van der Waals surface area (Å²) in [5.41, 5.74) is 5.45. The summed E-state index contributed by atoms with van der Waals surface area (Å²) in [7, 11) is 0. The third-order valence-electron chi connectivity index (χ3n) is 9.05. The Labute approximate surface area is 272 Å². The van der Waals surface area contributed by atoms with Crippen molar-refractivity contribution in [3.63, 3.8) is 0 Å². The molecular weight excluding hydrogens is 581 g/mol. The third kappa shape index (κ3) is 4.36. The average Bonchev–Trinajstić information content (AvgIpc) is 3.76. The minimum Gasteiger partial charge on any atom is -0.457 e. The Kier molecular flexibility index (Phi) is 6.96. The molecule has 46 heavy (non-hydrogen) atoms. The van der Waals surface area contributed by atoms with E-state index >= 15 is 0 Å². The van der Waals surface area contributed by atoms with Crippen LogP contribution in [-0.4, -0.2) is 10.3 Å². The predicted octanol–water partition coefficient (Wildman–Crippen LogP) is 12.2. The zero-order valence-electron chi connectivity index (χ0n) is 26.4. The van der Waals surface area contributed by atoms with Crippen molar-refractivity contribution in [1.29, 1.82) is 0 Å². The smallest absolute Gasteiger partial charge is 0.177 e. The van der Waals surface area contributed by atoms with Crippen LogP contribution in [0.3, 0.4) is 0 Å². The lowest BCUT2D eigenvalue weighted by Gasteiger charge is -2.15. The standard InChI is InChI=1S/C40H28N2OS.C2H6/c1-24-28-14-7-10-18-35(28)43-39(24)40(41-25(2)26-12-4-3-5-13-26)42-33-17-9-6-16-30(33)38-31-23-32-29-15-8-11-19-36(29)44-37(32)22-27(31)20-21-34(38)42;1-2/h3-24H,1-2H3;1-2H3/b40-39-,41-25+;. The maximum Gasteiger partial charge on any atom is 0.177 e. The molecule has 0 amide bonds. The largest absolute Gasteiger partial charge is 0.457 e. The number of fused-ring (bicyclic) bond motifs is 9. The Morgan fingerprint density at radius 3 is 2.22 bits per heavy atom. The van der Waals surface area contributed by atoms with Crippen molar-refractivity contribution < 1.29 is 4.74 Å². The Bertz CT molecular complexity index is 2500. The van der Waals surface area contributed by atoms with Crippen LogP contribution in [0.15, 0.2) is 138 Å². The number of hydrogen-bond donors (Lipinski definition) is 0. The molecular formula is C42H34N2OS. The molecule has 3 heterocycles. The molecule has 9 rings (SSSR count). The van der Waals surface area contributed by atoms with Crippen LogP contribution < -0.4 is 4.74 Å². The number of hydrogen-bond acceptors (Lipinski definition) is 3. The van der Waals surface area contributed by atoms with Crippen LogP contribution >= 0.6 is 11.3 Å². The van der Waals surface area contributed by atoms with Crippen molar-refractivity contribution in [2.45, 2.75) is 33.6 Å². The topological polar surface area (TPSA) is 26.5 Å². The lowest BCUT2D eigenvalue weighted by molar-refractivity contribution is 0.431. The summed E-state index contributed by atoms with van der Waals surface area (Å²) in [4.78, 5) is 5.40. The maximum atomic E-state index is 6.68. The van der Waals surface area contributed by atoms with Crippen molar-refractivity contribution in [2.75, 3.05) is 0 Å². The van der Waals surface area contributed by atoms with Gasteiger partial charge in [0, 0.05) is 48.1 Å². The number of aliphatic imine (C=N–C) groups is 1. The van der Waals surface area contributed by atoms with E-state index in [9.17, 15) is 0 Å². The van der Waals surface area contributed by atoms with E-state index in [1.807, 2.05) is 37.3 Å². The predicted molar refractivity (Wildman–Crippen MR) is 199 cm³/mol. The van der Waals surface area contributed by atoms with Gasteiger partial charge in [0.25, 0.3) is 0 Å². The average molecular weight is 615 g/mol. The molecule has 1 aliphatic heterocycles. The molecule has 1 atom stereocenters. The van der Waals surface area contributed by atoms with Gasteiger partial charge in [0.1, 0.15) is 5.75 Å². The van der Waals surface area contributed by atoms with Crippen LogP contribution in [0, 0.1) is 0 Å². The minimum absolute atomic E-state index is 0.0574. The lowest BCUT2D eigenvalue weighted by Crippen LogP contribution is -2.07. The van der Waals surface area contributed by atoms with Gasteiger partial charge >= 0.3 is 0 Å². The minimum atomic E-state index is 0.0574. The fourth-order valence-electron chi connectivity index (χ4n) is 6.88. The Morgan fingerprint density at radius 1 is 0.674 bits per heavy atom. The molecule has 0 aliphatic carbocycles. The summed E-state index contributed by atoms with van der Waals surface area (Å²) in [6.45, 7) is 8.31. The molecule has 1 aliphatic rings. The molecule has 0 fully saturated rings. The first-order valence-electron chi connectivity index (χ1n) is 16.0. The second kappa shape index (κ2) is 11.3. The van der Waals surface area contributed by atoms with Crippen LogP contribution in [-0.2, 0) is 0 Å². The molecule has 224 valence electrons. The fraction of sp³-hybridized carbons (Fsp3) is 0.119. The van der Waals surface area contributed by atoms with Crippen LogP contribution in [0.2, 0.25) is 0 Å².